The Hall–Kier alpha value is -1.60. The first kappa shape index (κ1) is 10.5. The van der Waals surface area contributed by atoms with Gasteiger partial charge in [-0.1, -0.05) is 0 Å². The van der Waals surface area contributed by atoms with E-state index in [1.165, 1.54) is 0 Å². The Labute approximate surface area is 101 Å². The molecule has 88 valence electrons. The lowest BCUT2D eigenvalue weighted by Gasteiger charge is -2.48. The van der Waals surface area contributed by atoms with Crippen molar-refractivity contribution in [3.05, 3.63) is 23.4 Å². The van der Waals surface area contributed by atoms with Gasteiger partial charge in [0.25, 0.3) is 0 Å². The Bertz CT molecular complexity index is 496. The van der Waals surface area contributed by atoms with Crippen LogP contribution in [-0.4, -0.2) is 28.8 Å². The molecule has 2 heterocycles. The van der Waals surface area contributed by atoms with Gasteiger partial charge in [0, 0.05) is 6.20 Å². The number of pyridine rings is 1. The highest BCUT2D eigenvalue weighted by Gasteiger charge is 2.52. The molecule has 1 saturated heterocycles. The maximum absolute atomic E-state index is 10.3. The van der Waals surface area contributed by atoms with E-state index < -0.39 is 5.60 Å². The largest absolute Gasteiger partial charge is 0.386 e. The van der Waals surface area contributed by atoms with Crippen molar-refractivity contribution >= 4 is 5.82 Å². The fraction of sp³-hybridized carbons (Fsp3) is 0.538. The second kappa shape index (κ2) is 3.44. The number of anilines is 1. The molecular weight excluding hydrogens is 214 g/mol. The smallest absolute Gasteiger partial charge is 0.146 e. The van der Waals surface area contributed by atoms with Crippen LogP contribution in [0.5, 0.6) is 0 Å². The van der Waals surface area contributed by atoms with E-state index in [1.54, 1.807) is 6.20 Å². The van der Waals surface area contributed by atoms with Gasteiger partial charge in [-0.2, -0.15) is 5.26 Å². The van der Waals surface area contributed by atoms with E-state index >= 15 is 0 Å². The first-order chi connectivity index (χ1) is 8.14. The molecule has 4 nitrogen and oxygen atoms in total. The maximum atomic E-state index is 10.3. The van der Waals surface area contributed by atoms with Crippen molar-refractivity contribution in [2.24, 2.45) is 5.92 Å². The number of rotatable bonds is 2. The molecule has 0 bridgehead atoms. The summed E-state index contributed by atoms with van der Waals surface area (Å²) in [5, 5.41) is 19.4. The van der Waals surface area contributed by atoms with E-state index in [1.807, 2.05) is 17.9 Å². The third-order valence-electron chi connectivity index (χ3n) is 3.82. The summed E-state index contributed by atoms with van der Waals surface area (Å²) in [6.45, 7) is 3.14. The number of hydrogen-bond donors (Lipinski definition) is 1. The van der Waals surface area contributed by atoms with Crippen LogP contribution >= 0.6 is 0 Å². The first-order valence-corrected chi connectivity index (χ1v) is 5.97. The van der Waals surface area contributed by atoms with Crippen molar-refractivity contribution in [1.82, 2.24) is 4.98 Å². The minimum Gasteiger partial charge on any atom is -0.386 e. The molecule has 4 heteroatoms. The minimum absolute atomic E-state index is 0.467. The Balaban J connectivity index is 1.83. The van der Waals surface area contributed by atoms with Crippen LogP contribution in [0.2, 0.25) is 0 Å². The van der Waals surface area contributed by atoms with Gasteiger partial charge in [0.2, 0.25) is 0 Å². The summed E-state index contributed by atoms with van der Waals surface area (Å²) in [6, 6.07) is 4.04. The molecule has 3 rings (SSSR count). The number of aliphatic hydroxyl groups is 1. The maximum Gasteiger partial charge on any atom is 0.146 e. The Morgan fingerprint density at radius 3 is 2.82 bits per heavy atom. The third kappa shape index (κ3) is 1.58. The fourth-order valence-corrected chi connectivity index (χ4v) is 2.57. The molecule has 2 fully saturated rings. The molecule has 1 N–H and O–H groups in total. The van der Waals surface area contributed by atoms with Crippen molar-refractivity contribution < 1.29 is 5.11 Å². The van der Waals surface area contributed by atoms with E-state index in [-0.39, 0.29) is 0 Å². The Kier molecular flexibility index (Phi) is 2.14. The molecule has 1 aromatic rings. The topological polar surface area (TPSA) is 60.1 Å². The predicted molar refractivity (Wildman–Crippen MR) is 63.6 cm³/mol. The van der Waals surface area contributed by atoms with E-state index in [2.05, 4.69) is 11.1 Å². The van der Waals surface area contributed by atoms with Crippen LogP contribution in [0.3, 0.4) is 0 Å². The van der Waals surface area contributed by atoms with Gasteiger partial charge in [-0.3, -0.25) is 0 Å². The molecule has 0 atom stereocenters. The molecular formula is C13H15N3O. The summed E-state index contributed by atoms with van der Waals surface area (Å²) in [5.41, 5.74) is 1.04. The van der Waals surface area contributed by atoms with Crippen LogP contribution in [0.1, 0.15) is 24.0 Å². The second-order valence-electron chi connectivity index (χ2n) is 5.17. The lowest BCUT2D eigenvalue weighted by molar-refractivity contribution is -0.00977. The molecule has 0 unspecified atom stereocenters. The van der Waals surface area contributed by atoms with Gasteiger partial charge in [-0.25, -0.2) is 4.98 Å². The Morgan fingerprint density at radius 1 is 1.53 bits per heavy atom. The summed E-state index contributed by atoms with van der Waals surface area (Å²) in [5.74, 6) is 1.19. The van der Waals surface area contributed by atoms with Gasteiger partial charge in [0.05, 0.1) is 18.7 Å². The van der Waals surface area contributed by atoms with Crippen LogP contribution in [-0.2, 0) is 0 Å². The van der Waals surface area contributed by atoms with Crippen molar-refractivity contribution in [2.45, 2.75) is 25.4 Å². The average Bonchev–Trinajstić information content (AvgIpc) is 3.08. The molecule has 2 aliphatic rings. The fourth-order valence-electron chi connectivity index (χ4n) is 2.57. The van der Waals surface area contributed by atoms with Crippen molar-refractivity contribution in [2.75, 3.05) is 18.0 Å². The average molecular weight is 229 g/mol. The molecule has 0 amide bonds. The number of β-amino-alcohol motifs (C(OH)–C–C–N with tert-alkyl or cyclic N) is 1. The quantitative estimate of drug-likeness (QED) is 0.828. The molecule has 0 radical (unpaired) electrons. The summed E-state index contributed by atoms with van der Waals surface area (Å²) in [7, 11) is 0. The number of aryl methyl sites for hydroxylation is 1. The van der Waals surface area contributed by atoms with Crippen molar-refractivity contribution in [3.8, 4) is 6.07 Å². The Morgan fingerprint density at radius 2 is 2.24 bits per heavy atom. The number of nitriles is 1. The van der Waals surface area contributed by atoms with E-state index in [0.29, 0.717) is 24.6 Å². The lowest BCUT2D eigenvalue weighted by atomic mass is 9.88. The monoisotopic (exact) mass is 229 g/mol. The van der Waals surface area contributed by atoms with Gasteiger partial charge < -0.3 is 10.0 Å². The molecule has 1 saturated carbocycles. The standard InChI is InChI=1S/C13H15N3O/c1-9-4-5-15-12(11(9)6-14)16-7-13(17,8-16)10-2-3-10/h4-5,10,17H,2-3,7-8H2,1H3. The zero-order chi connectivity index (χ0) is 12.0. The van der Waals surface area contributed by atoms with Crippen LogP contribution in [0.25, 0.3) is 0 Å². The van der Waals surface area contributed by atoms with E-state index in [9.17, 15) is 5.11 Å². The summed E-state index contributed by atoms with van der Waals surface area (Å²) in [6.07, 6.45) is 3.99. The minimum atomic E-state index is -0.530. The first-order valence-electron chi connectivity index (χ1n) is 5.97. The van der Waals surface area contributed by atoms with Gasteiger partial charge >= 0.3 is 0 Å². The van der Waals surface area contributed by atoms with Crippen LogP contribution in [0.4, 0.5) is 5.82 Å². The highest BCUT2D eigenvalue weighted by Crippen LogP contribution is 2.45. The van der Waals surface area contributed by atoms with Crippen LogP contribution in [0.15, 0.2) is 12.3 Å². The van der Waals surface area contributed by atoms with Crippen LogP contribution < -0.4 is 4.90 Å². The van der Waals surface area contributed by atoms with Gasteiger partial charge in [0.1, 0.15) is 17.5 Å². The molecule has 17 heavy (non-hydrogen) atoms. The van der Waals surface area contributed by atoms with Crippen molar-refractivity contribution in [3.63, 3.8) is 0 Å². The van der Waals surface area contributed by atoms with Gasteiger partial charge in [-0.15, -0.1) is 0 Å². The van der Waals surface area contributed by atoms with Crippen LogP contribution in [0, 0.1) is 24.2 Å². The molecule has 1 aliphatic heterocycles. The highest BCUT2D eigenvalue weighted by atomic mass is 16.3. The zero-order valence-electron chi connectivity index (χ0n) is 9.85. The zero-order valence-corrected chi connectivity index (χ0v) is 9.85. The summed E-state index contributed by atoms with van der Waals surface area (Å²) >= 11 is 0. The molecule has 0 spiro atoms. The molecule has 1 aliphatic carbocycles. The molecule has 0 aromatic carbocycles. The highest BCUT2D eigenvalue weighted by molar-refractivity contribution is 5.59. The number of nitrogens with zero attached hydrogens (tertiary/aromatic N) is 3. The van der Waals surface area contributed by atoms with Gasteiger partial charge in [-0.05, 0) is 37.3 Å². The van der Waals surface area contributed by atoms with E-state index in [0.717, 1.165) is 24.2 Å². The van der Waals surface area contributed by atoms with Crippen molar-refractivity contribution in [1.29, 1.82) is 5.26 Å². The predicted octanol–water partition coefficient (Wildman–Crippen LogP) is 1.22. The van der Waals surface area contributed by atoms with E-state index in [4.69, 9.17) is 5.26 Å². The second-order valence-corrected chi connectivity index (χ2v) is 5.17. The van der Waals surface area contributed by atoms with Gasteiger partial charge in [0.15, 0.2) is 0 Å². The SMILES string of the molecule is Cc1ccnc(N2CC(O)(C3CC3)C2)c1C#N. The third-order valence-corrected chi connectivity index (χ3v) is 3.82. The number of aromatic nitrogens is 1. The number of hydrogen-bond acceptors (Lipinski definition) is 4. The molecule has 1 aromatic heterocycles. The summed E-state index contributed by atoms with van der Waals surface area (Å²) < 4.78 is 0. The normalized spacial score (nSPS) is 21.8. The summed E-state index contributed by atoms with van der Waals surface area (Å²) in [4.78, 5) is 6.27. The lowest BCUT2D eigenvalue weighted by Crippen LogP contribution is -2.63.